The van der Waals surface area contributed by atoms with Gasteiger partial charge < -0.3 is 10.1 Å². The Bertz CT molecular complexity index is 950. The van der Waals surface area contributed by atoms with Crippen LogP contribution >= 0.6 is 15.9 Å². The molecule has 0 radical (unpaired) electrons. The van der Waals surface area contributed by atoms with E-state index in [1.54, 1.807) is 0 Å². The van der Waals surface area contributed by atoms with E-state index in [2.05, 4.69) is 21.2 Å². The Morgan fingerprint density at radius 1 is 1.11 bits per heavy atom. The molecule has 2 aromatic carbocycles. The number of hydrogen-bond acceptors (Lipinski definition) is 4. The standard InChI is InChI=1S/C16H13BrF4N2O4S/c17-10-1-6-14(13(18)7-10)27-8-15(24)23-11-2-4-12(5-3-11)28(25,26)22-9-16(19,20)21/h1-7,22H,8-9H2,(H,23,24). The van der Waals surface area contributed by atoms with Crippen LogP contribution in [-0.4, -0.2) is 33.7 Å². The lowest BCUT2D eigenvalue weighted by atomic mass is 10.3. The molecule has 0 saturated carbocycles. The van der Waals surface area contributed by atoms with Gasteiger partial charge in [-0.25, -0.2) is 17.5 Å². The molecule has 0 atom stereocenters. The van der Waals surface area contributed by atoms with E-state index in [1.165, 1.54) is 35.1 Å². The molecule has 2 N–H and O–H groups in total. The third-order valence-corrected chi connectivity index (χ3v) is 5.07. The predicted octanol–water partition coefficient (Wildman–Crippen LogP) is 3.45. The van der Waals surface area contributed by atoms with E-state index in [-0.39, 0.29) is 11.4 Å². The number of amides is 1. The van der Waals surface area contributed by atoms with Crippen molar-refractivity contribution in [2.75, 3.05) is 18.5 Å². The van der Waals surface area contributed by atoms with Gasteiger partial charge in [0, 0.05) is 10.2 Å². The van der Waals surface area contributed by atoms with Crippen molar-refractivity contribution in [2.45, 2.75) is 11.1 Å². The zero-order valence-corrected chi connectivity index (χ0v) is 16.3. The van der Waals surface area contributed by atoms with Crippen LogP contribution in [-0.2, 0) is 14.8 Å². The van der Waals surface area contributed by atoms with Crippen LogP contribution in [0.1, 0.15) is 0 Å². The van der Waals surface area contributed by atoms with Gasteiger partial charge in [0.2, 0.25) is 10.0 Å². The van der Waals surface area contributed by atoms with Crippen molar-refractivity contribution in [3.63, 3.8) is 0 Å². The summed E-state index contributed by atoms with van der Waals surface area (Å²) in [7, 11) is -4.35. The van der Waals surface area contributed by atoms with Crippen LogP contribution in [0.3, 0.4) is 0 Å². The molecular formula is C16H13BrF4N2O4S. The first kappa shape index (κ1) is 22.1. The van der Waals surface area contributed by atoms with Gasteiger partial charge in [0.25, 0.3) is 5.91 Å². The molecule has 0 saturated heterocycles. The number of nitrogens with one attached hydrogen (secondary N) is 2. The molecule has 28 heavy (non-hydrogen) atoms. The summed E-state index contributed by atoms with van der Waals surface area (Å²) in [5.41, 5.74) is 0.180. The lowest BCUT2D eigenvalue weighted by Crippen LogP contribution is -2.33. The minimum Gasteiger partial charge on any atom is -0.481 e. The van der Waals surface area contributed by atoms with Crippen LogP contribution in [0.25, 0.3) is 0 Å². The van der Waals surface area contributed by atoms with Gasteiger partial charge in [-0.05, 0) is 42.5 Å². The summed E-state index contributed by atoms with van der Waals surface area (Å²) in [6, 6.07) is 8.48. The minimum absolute atomic E-state index is 0.129. The number of halogens is 5. The Kier molecular flexibility index (Phi) is 7.01. The van der Waals surface area contributed by atoms with Crippen LogP contribution in [0.4, 0.5) is 23.2 Å². The highest BCUT2D eigenvalue weighted by molar-refractivity contribution is 9.10. The average Bonchev–Trinajstić information content (AvgIpc) is 2.59. The molecule has 2 aromatic rings. The van der Waals surface area contributed by atoms with Crippen LogP contribution in [0.5, 0.6) is 5.75 Å². The maximum Gasteiger partial charge on any atom is 0.402 e. The topological polar surface area (TPSA) is 84.5 Å². The summed E-state index contributed by atoms with van der Waals surface area (Å²) in [5.74, 6) is -1.44. The van der Waals surface area contributed by atoms with E-state index >= 15 is 0 Å². The molecule has 0 aromatic heterocycles. The summed E-state index contributed by atoms with van der Waals surface area (Å²) < 4.78 is 80.5. The second kappa shape index (κ2) is 8.88. The normalized spacial score (nSPS) is 11.9. The van der Waals surface area contributed by atoms with Crippen molar-refractivity contribution >= 4 is 37.5 Å². The zero-order valence-electron chi connectivity index (χ0n) is 13.9. The van der Waals surface area contributed by atoms with Gasteiger partial charge in [-0.3, -0.25) is 4.79 Å². The molecule has 0 spiro atoms. The lowest BCUT2D eigenvalue weighted by molar-refractivity contribution is -0.121. The zero-order chi connectivity index (χ0) is 20.9. The summed E-state index contributed by atoms with van der Waals surface area (Å²) in [6.07, 6.45) is -4.69. The highest BCUT2D eigenvalue weighted by atomic mass is 79.9. The monoisotopic (exact) mass is 484 g/mol. The van der Waals surface area contributed by atoms with Gasteiger partial charge >= 0.3 is 6.18 Å². The van der Waals surface area contributed by atoms with Gasteiger partial charge in [-0.15, -0.1) is 0 Å². The van der Waals surface area contributed by atoms with E-state index in [4.69, 9.17) is 4.74 Å². The quantitative estimate of drug-likeness (QED) is 0.589. The van der Waals surface area contributed by atoms with Gasteiger partial charge in [0.1, 0.15) is 6.54 Å². The molecular weight excluding hydrogens is 472 g/mol. The van der Waals surface area contributed by atoms with Gasteiger partial charge in [0.15, 0.2) is 18.2 Å². The number of carbonyl (C=O) groups is 1. The van der Waals surface area contributed by atoms with E-state index in [9.17, 15) is 30.8 Å². The van der Waals surface area contributed by atoms with Crippen molar-refractivity contribution in [1.29, 1.82) is 0 Å². The maximum absolute atomic E-state index is 13.6. The number of sulfonamides is 1. The number of anilines is 1. The molecule has 2 rings (SSSR count). The fourth-order valence-corrected chi connectivity index (χ4v) is 3.26. The van der Waals surface area contributed by atoms with Crippen LogP contribution in [0.15, 0.2) is 51.8 Å². The first-order chi connectivity index (χ1) is 13.0. The number of alkyl halides is 3. The van der Waals surface area contributed by atoms with E-state index in [1.807, 2.05) is 0 Å². The van der Waals surface area contributed by atoms with E-state index in [0.29, 0.717) is 4.47 Å². The molecule has 0 bridgehead atoms. The summed E-state index contributed by atoms with van der Waals surface area (Å²) in [4.78, 5) is 11.4. The van der Waals surface area contributed by atoms with Crippen LogP contribution in [0, 0.1) is 5.82 Å². The molecule has 6 nitrogen and oxygen atoms in total. The van der Waals surface area contributed by atoms with Gasteiger partial charge in [-0.2, -0.15) is 13.2 Å². The Morgan fingerprint density at radius 3 is 2.32 bits per heavy atom. The van der Waals surface area contributed by atoms with Crippen molar-refractivity contribution in [2.24, 2.45) is 0 Å². The van der Waals surface area contributed by atoms with Crippen molar-refractivity contribution in [1.82, 2.24) is 4.72 Å². The first-order valence-corrected chi connectivity index (χ1v) is 9.78. The van der Waals surface area contributed by atoms with E-state index < -0.39 is 46.0 Å². The molecule has 1 amide bonds. The SMILES string of the molecule is O=C(COc1ccc(Br)cc1F)Nc1ccc(S(=O)(=O)NCC(F)(F)F)cc1. The van der Waals surface area contributed by atoms with Crippen molar-refractivity contribution < 1.29 is 35.5 Å². The van der Waals surface area contributed by atoms with Crippen LogP contribution in [0.2, 0.25) is 0 Å². The molecule has 0 aliphatic rings. The highest BCUT2D eigenvalue weighted by Crippen LogP contribution is 2.21. The number of benzene rings is 2. The second-order valence-electron chi connectivity index (χ2n) is 5.38. The maximum atomic E-state index is 13.6. The molecule has 0 aliphatic carbocycles. The number of ether oxygens (including phenoxy) is 1. The summed E-state index contributed by atoms with van der Waals surface area (Å²) in [5, 5.41) is 2.39. The first-order valence-electron chi connectivity index (χ1n) is 7.50. The van der Waals surface area contributed by atoms with Crippen molar-refractivity contribution in [3.8, 4) is 5.75 Å². The molecule has 12 heteroatoms. The Labute approximate surface area is 166 Å². The van der Waals surface area contributed by atoms with Gasteiger partial charge in [-0.1, -0.05) is 15.9 Å². The largest absolute Gasteiger partial charge is 0.481 e. The molecule has 0 aliphatic heterocycles. The average molecular weight is 485 g/mol. The molecule has 0 unspecified atom stereocenters. The summed E-state index contributed by atoms with van der Waals surface area (Å²) in [6.45, 7) is -2.20. The minimum atomic E-state index is -4.69. The van der Waals surface area contributed by atoms with E-state index in [0.717, 1.165) is 12.1 Å². The van der Waals surface area contributed by atoms with Gasteiger partial charge in [0.05, 0.1) is 4.90 Å². The fraction of sp³-hybridized carbons (Fsp3) is 0.188. The molecule has 152 valence electrons. The predicted molar refractivity (Wildman–Crippen MR) is 95.9 cm³/mol. The number of carbonyl (C=O) groups excluding carboxylic acids is 1. The Hall–Kier alpha value is -2.18. The third kappa shape index (κ3) is 6.77. The lowest BCUT2D eigenvalue weighted by Gasteiger charge is -2.11. The Morgan fingerprint density at radius 2 is 1.75 bits per heavy atom. The Balaban J connectivity index is 1.93. The molecule has 0 heterocycles. The second-order valence-corrected chi connectivity index (χ2v) is 8.06. The molecule has 0 fully saturated rings. The third-order valence-electron chi connectivity index (χ3n) is 3.16. The van der Waals surface area contributed by atoms with Crippen molar-refractivity contribution in [3.05, 3.63) is 52.8 Å². The fourth-order valence-electron chi connectivity index (χ4n) is 1.91. The van der Waals surface area contributed by atoms with Crippen LogP contribution < -0.4 is 14.8 Å². The summed E-state index contributed by atoms with van der Waals surface area (Å²) >= 11 is 3.08. The highest BCUT2D eigenvalue weighted by Gasteiger charge is 2.30. The smallest absolute Gasteiger partial charge is 0.402 e. The number of rotatable bonds is 7. The number of hydrogen-bond donors (Lipinski definition) is 2.